The third-order valence-electron chi connectivity index (χ3n) is 2.03. The van der Waals surface area contributed by atoms with Gasteiger partial charge in [0.1, 0.15) is 4.60 Å². The maximum atomic E-state index is 5.92. The fourth-order valence-corrected chi connectivity index (χ4v) is 1.96. The quantitative estimate of drug-likeness (QED) is 0.890. The van der Waals surface area contributed by atoms with Crippen LogP contribution in [0.4, 0.5) is 0 Å². The molecule has 0 amide bonds. The van der Waals surface area contributed by atoms with Gasteiger partial charge in [-0.2, -0.15) is 0 Å². The lowest BCUT2D eigenvalue weighted by molar-refractivity contribution is 1.10. The summed E-state index contributed by atoms with van der Waals surface area (Å²) in [5.74, 6) is 0. The van der Waals surface area contributed by atoms with Crippen LogP contribution in [0.15, 0.2) is 29.1 Å². The molecule has 0 fully saturated rings. The van der Waals surface area contributed by atoms with Gasteiger partial charge in [-0.15, -0.1) is 0 Å². The van der Waals surface area contributed by atoms with Crippen LogP contribution in [0.1, 0.15) is 11.3 Å². The molecular formula is C10H7BrCl2N2. The second-order valence-electron chi connectivity index (χ2n) is 3.10. The van der Waals surface area contributed by atoms with Crippen LogP contribution in [0.5, 0.6) is 0 Å². The fourth-order valence-electron chi connectivity index (χ4n) is 1.28. The summed E-state index contributed by atoms with van der Waals surface area (Å²) in [7, 11) is 0. The number of nitrogens with zero attached hydrogens (tertiary/aromatic N) is 1. The number of nitrogens with one attached hydrogen (secondary N) is 1. The van der Waals surface area contributed by atoms with E-state index in [0.29, 0.717) is 10.0 Å². The van der Waals surface area contributed by atoms with Crippen molar-refractivity contribution < 1.29 is 0 Å². The van der Waals surface area contributed by atoms with Crippen molar-refractivity contribution in [3.8, 4) is 0 Å². The van der Waals surface area contributed by atoms with E-state index in [2.05, 4.69) is 25.9 Å². The molecule has 1 aromatic heterocycles. The summed E-state index contributed by atoms with van der Waals surface area (Å²) >= 11 is 15.1. The summed E-state index contributed by atoms with van der Waals surface area (Å²) in [6, 6.07) is 5.60. The highest BCUT2D eigenvalue weighted by atomic mass is 79.9. The van der Waals surface area contributed by atoms with E-state index in [0.717, 1.165) is 22.3 Å². The Bertz CT molecular complexity index is 482. The van der Waals surface area contributed by atoms with Crippen molar-refractivity contribution in [2.24, 2.45) is 0 Å². The van der Waals surface area contributed by atoms with Crippen LogP contribution in [0.25, 0.3) is 0 Å². The van der Waals surface area contributed by atoms with Crippen molar-refractivity contribution >= 4 is 39.1 Å². The highest BCUT2D eigenvalue weighted by Gasteiger charge is 2.05. The molecule has 1 aromatic carbocycles. The molecule has 0 saturated carbocycles. The van der Waals surface area contributed by atoms with E-state index in [1.165, 1.54) is 0 Å². The summed E-state index contributed by atoms with van der Waals surface area (Å²) in [6.07, 6.45) is 2.40. The van der Waals surface area contributed by atoms with Crippen LogP contribution in [-0.2, 0) is 6.42 Å². The normalized spacial score (nSPS) is 10.6. The van der Waals surface area contributed by atoms with Crippen LogP contribution in [0, 0.1) is 0 Å². The van der Waals surface area contributed by atoms with Crippen LogP contribution in [-0.4, -0.2) is 9.97 Å². The smallest absolute Gasteiger partial charge is 0.127 e. The number of aromatic amines is 1. The summed E-state index contributed by atoms with van der Waals surface area (Å²) in [4.78, 5) is 7.11. The predicted molar refractivity (Wildman–Crippen MR) is 65.6 cm³/mol. The number of halogens is 3. The molecule has 2 aromatic rings. The van der Waals surface area contributed by atoms with Gasteiger partial charge in [0.15, 0.2) is 0 Å². The lowest BCUT2D eigenvalue weighted by atomic mass is 10.1. The van der Waals surface area contributed by atoms with Crippen molar-refractivity contribution in [3.63, 3.8) is 0 Å². The summed E-state index contributed by atoms with van der Waals surface area (Å²) in [5, 5.41) is 1.15. The molecule has 2 nitrogen and oxygen atoms in total. The van der Waals surface area contributed by atoms with Crippen molar-refractivity contribution in [2.45, 2.75) is 6.42 Å². The van der Waals surface area contributed by atoms with Gasteiger partial charge in [-0.1, -0.05) is 29.3 Å². The third-order valence-corrected chi connectivity index (χ3v) is 3.45. The zero-order chi connectivity index (χ0) is 10.8. The van der Waals surface area contributed by atoms with Crippen molar-refractivity contribution in [2.75, 3.05) is 0 Å². The fraction of sp³-hybridized carbons (Fsp3) is 0.100. The standard InChI is InChI=1S/C10H7BrCl2N2/c11-10-9(14-5-15-10)4-6-1-2-7(12)8(13)3-6/h1-3,5H,4H2,(H,14,15). The van der Waals surface area contributed by atoms with Crippen molar-refractivity contribution in [3.05, 3.63) is 50.4 Å². The molecule has 78 valence electrons. The third kappa shape index (κ3) is 2.54. The summed E-state index contributed by atoms with van der Waals surface area (Å²) < 4.78 is 0.827. The molecule has 0 aliphatic heterocycles. The Balaban J connectivity index is 2.25. The van der Waals surface area contributed by atoms with Crippen LogP contribution >= 0.6 is 39.1 Å². The zero-order valence-corrected chi connectivity index (χ0v) is 10.7. The lowest BCUT2D eigenvalue weighted by Gasteiger charge is -2.01. The minimum Gasteiger partial charge on any atom is -0.347 e. The van der Waals surface area contributed by atoms with Crippen molar-refractivity contribution in [1.82, 2.24) is 9.97 Å². The van der Waals surface area contributed by atoms with Gasteiger partial charge < -0.3 is 4.98 Å². The Labute approximate surface area is 106 Å². The Kier molecular flexibility index (Phi) is 3.34. The van der Waals surface area contributed by atoms with Gasteiger partial charge in [-0.3, -0.25) is 0 Å². The van der Waals surface area contributed by atoms with E-state index < -0.39 is 0 Å². The first-order chi connectivity index (χ1) is 7.16. The Hall–Kier alpha value is -0.510. The topological polar surface area (TPSA) is 28.7 Å². The summed E-state index contributed by atoms with van der Waals surface area (Å²) in [5.41, 5.74) is 2.11. The zero-order valence-electron chi connectivity index (χ0n) is 7.60. The highest BCUT2D eigenvalue weighted by molar-refractivity contribution is 9.10. The minimum atomic E-state index is 0.573. The second-order valence-corrected chi connectivity index (χ2v) is 4.66. The lowest BCUT2D eigenvalue weighted by Crippen LogP contribution is -1.89. The molecule has 0 saturated heterocycles. The highest BCUT2D eigenvalue weighted by Crippen LogP contribution is 2.24. The Morgan fingerprint density at radius 2 is 2.07 bits per heavy atom. The molecular weight excluding hydrogens is 299 g/mol. The molecule has 0 unspecified atom stereocenters. The first-order valence-electron chi connectivity index (χ1n) is 4.28. The molecule has 15 heavy (non-hydrogen) atoms. The summed E-state index contributed by atoms with van der Waals surface area (Å²) in [6.45, 7) is 0. The van der Waals surface area contributed by atoms with Gasteiger partial charge in [0, 0.05) is 6.42 Å². The van der Waals surface area contributed by atoms with E-state index in [1.54, 1.807) is 12.4 Å². The number of benzene rings is 1. The Morgan fingerprint density at radius 3 is 2.67 bits per heavy atom. The predicted octanol–water partition coefficient (Wildman–Crippen LogP) is 4.07. The van der Waals surface area contributed by atoms with E-state index in [-0.39, 0.29) is 0 Å². The van der Waals surface area contributed by atoms with Crippen LogP contribution < -0.4 is 0 Å². The first kappa shape index (κ1) is 11.0. The largest absolute Gasteiger partial charge is 0.347 e. The SMILES string of the molecule is Clc1ccc(Cc2[nH]cnc2Br)cc1Cl. The number of H-pyrrole nitrogens is 1. The van der Waals surface area contributed by atoms with Gasteiger partial charge in [0.25, 0.3) is 0 Å². The van der Waals surface area contributed by atoms with Crippen LogP contribution in [0.2, 0.25) is 10.0 Å². The number of rotatable bonds is 2. The maximum absolute atomic E-state index is 5.92. The van der Waals surface area contributed by atoms with Crippen LogP contribution in [0.3, 0.4) is 0 Å². The molecule has 0 radical (unpaired) electrons. The molecule has 1 N–H and O–H groups in total. The molecule has 1 heterocycles. The van der Waals surface area contributed by atoms with E-state index >= 15 is 0 Å². The molecule has 0 bridgehead atoms. The molecule has 0 aliphatic rings. The maximum Gasteiger partial charge on any atom is 0.127 e. The van der Waals surface area contributed by atoms with Gasteiger partial charge in [-0.25, -0.2) is 4.98 Å². The van der Waals surface area contributed by atoms with Gasteiger partial charge in [0.05, 0.1) is 22.1 Å². The number of aromatic nitrogens is 2. The monoisotopic (exact) mass is 304 g/mol. The molecule has 2 rings (SSSR count). The second kappa shape index (κ2) is 4.56. The van der Waals surface area contributed by atoms with E-state index in [4.69, 9.17) is 23.2 Å². The molecule has 0 atom stereocenters. The molecule has 0 spiro atoms. The van der Waals surface area contributed by atoms with E-state index in [9.17, 15) is 0 Å². The van der Waals surface area contributed by atoms with E-state index in [1.807, 2.05) is 12.1 Å². The van der Waals surface area contributed by atoms with Gasteiger partial charge >= 0.3 is 0 Å². The molecule has 5 heteroatoms. The first-order valence-corrected chi connectivity index (χ1v) is 5.83. The average Bonchev–Trinajstić information content (AvgIpc) is 2.59. The number of hydrogen-bond donors (Lipinski definition) is 1. The average molecular weight is 306 g/mol. The number of hydrogen-bond acceptors (Lipinski definition) is 1. The van der Waals surface area contributed by atoms with Gasteiger partial charge in [0.2, 0.25) is 0 Å². The molecule has 0 aliphatic carbocycles. The number of imidazole rings is 1. The minimum absolute atomic E-state index is 0.573. The van der Waals surface area contributed by atoms with Gasteiger partial charge in [-0.05, 0) is 33.6 Å². The van der Waals surface area contributed by atoms with Crippen molar-refractivity contribution in [1.29, 1.82) is 0 Å². The Morgan fingerprint density at radius 1 is 1.27 bits per heavy atom.